The minimum Gasteiger partial charge on any atom is -0.308 e. The average Bonchev–Trinajstić information content (AvgIpc) is 2.87. The van der Waals surface area contributed by atoms with Crippen LogP contribution in [0, 0.1) is 18.6 Å². The predicted octanol–water partition coefficient (Wildman–Crippen LogP) is 3.95. The zero-order chi connectivity index (χ0) is 14.9. The molecule has 0 amide bonds. The summed E-state index contributed by atoms with van der Waals surface area (Å²) in [6.45, 7) is 6.53. The van der Waals surface area contributed by atoms with Gasteiger partial charge in [-0.1, -0.05) is 26.7 Å². The Kier molecular flexibility index (Phi) is 4.21. The molecule has 2 heterocycles. The van der Waals surface area contributed by atoms with Crippen LogP contribution in [0.4, 0.5) is 8.78 Å². The first-order chi connectivity index (χ1) is 9.51. The number of aryl methyl sites for hydroxylation is 3. The Morgan fingerprint density at radius 2 is 1.85 bits per heavy atom. The second-order valence-electron chi connectivity index (χ2n) is 5.11. The van der Waals surface area contributed by atoms with Crippen LogP contribution in [0.15, 0.2) is 16.9 Å². The number of hydrogen-bond donors (Lipinski definition) is 0. The zero-order valence-corrected chi connectivity index (χ0v) is 12.1. The van der Waals surface area contributed by atoms with Crippen molar-refractivity contribution in [2.75, 3.05) is 0 Å². The highest BCUT2D eigenvalue weighted by Gasteiger charge is 2.22. The fourth-order valence-electron chi connectivity index (χ4n) is 2.40. The van der Waals surface area contributed by atoms with Gasteiger partial charge >= 0.3 is 0 Å². The minimum absolute atomic E-state index is 0.144. The largest absolute Gasteiger partial charge is 0.308 e. The van der Waals surface area contributed by atoms with Crippen molar-refractivity contribution in [1.29, 1.82) is 0 Å². The van der Waals surface area contributed by atoms with E-state index in [9.17, 15) is 13.6 Å². The number of benzene rings is 1. The van der Waals surface area contributed by atoms with Gasteiger partial charge in [0.1, 0.15) is 0 Å². The normalized spacial score (nSPS) is 12.4. The fraction of sp³-hybridized carbons (Fsp3) is 0.438. The van der Waals surface area contributed by atoms with Crippen molar-refractivity contribution in [1.82, 2.24) is 4.57 Å². The molecular formula is C16H19F2NO. The molecule has 0 bridgehead atoms. The SMILES string of the molecule is CCCC.Cc1cc(=O)n2c3c(c(F)c(F)cc13)CC2. The van der Waals surface area contributed by atoms with E-state index in [2.05, 4.69) is 13.8 Å². The van der Waals surface area contributed by atoms with E-state index < -0.39 is 11.6 Å². The lowest BCUT2D eigenvalue weighted by Gasteiger charge is -2.07. The van der Waals surface area contributed by atoms with E-state index in [1.54, 1.807) is 6.92 Å². The summed E-state index contributed by atoms with van der Waals surface area (Å²) < 4.78 is 28.4. The van der Waals surface area contributed by atoms with Crippen LogP contribution in [0.25, 0.3) is 10.9 Å². The molecule has 0 radical (unpaired) electrons. The standard InChI is InChI=1S/C12H9F2NO.C4H10/c1-6-4-10(16)15-3-2-7-11(14)9(13)5-8(6)12(7)15;1-3-4-2/h4-5H,2-3H2,1H3;3-4H2,1-2H3. The van der Waals surface area contributed by atoms with Gasteiger partial charge in [0.05, 0.1) is 5.52 Å². The first kappa shape index (κ1) is 14.7. The molecule has 0 saturated heterocycles. The lowest BCUT2D eigenvalue weighted by molar-refractivity contribution is 0.502. The van der Waals surface area contributed by atoms with Crippen molar-refractivity contribution in [2.24, 2.45) is 0 Å². The molecule has 1 aromatic heterocycles. The third kappa shape index (κ3) is 2.35. The van der Waals surface area contributed by atoms with Crippen molar-refractivity contribution in [2.45, 2.75) is 46.6 Å². The molecule has 3 rings (SSSR count). The Morgan fingerprint density at radius 1 is 1.20 bits per heavy atom. The number of halogens is 2. The van der Waals surface area contributed by atoms with Crippen LogP contribution in [-0.2, 0) is 13.0 Å². The average molecular weight is 279 g/mol. The molecule has 0 aliphatic carbocycles. The predicted molar refractivity (Wildman–Crippen MR) is 77.1 cm³/mol. The van der Waals surface area contributed by atoms with Crippen molar-refractivity contribution in [3.05, 3.63) is 45.2 Å². The number of unbranched alkanes of at least 4 members (excludes halogenated alkanes) is 1. The molecule has 0 N–H and O–H groups in total. The highest BCUT2D eigenvalue weighted by atomic mass is 19.2. The number of hydrogen-bond acceptors (Lipinski definition) is 1. The van der Waals surface area contributed by atoms with Crippen LogP contribution >= 0.6 is 0 Å². The number of rotatable bonds is 1. The van der Waals surface area contributed by atoms with Crippen LogP contribution in [0.3, 0.4) is 0 Å². The van der Waals surface area contributed by atoms with E-state index in [-0.39, 0.29) is 5.56 Å². The van der Waals surface area contributed by atoms with Crippen molar-refractivity contribution < 1.29 is 8.78 Å². The Hall–Kier alpha value is -1.71. The molecular weight excluding hydrogens is 260 g/mol. The molecule has 4 heteroatoms. The maximum absolute atomic E-state index is 13.5. The lowest BCUT2D eigenvalue weighted by Crippen LogP contribution is -2.17. The van der Waals surface area contributed by atoms with Gasteiger partial charge in [-0.2, -0.15) is 0 Å². The molecule has 108 valence electrons. The Bertz CT molecular complexity index is 702. The van der Waals surface area contributed by atoms with Crippen LogP contribution in [0.1, 0.15) is 37.8 Å². The van der Waals surface area contributed by atoms with E-state index in [4.69, 9.17) is 0 Å². The van der Waals surface area contributed by atoms with Gasteiger partial charge in [0.25, 0.3) is 5.56 Å². The van der Waals surface area contributed by atoms with Crippen molar-refractivity contribution >= 4 is 10.9 Å². The maximum atomic E-state index is 13.5. The first-order valence-corrected chi connectivity index (χ1v) is 7.02. The van der Waals surface area contributed by atoms with E-state index in [0.717, 1.165) is 0 Å². The van der Waals surface area contributed by atoms with Crippen LogP contribution in [-0.4, -0.2) is 4.57 Å². The molecule has 0 saturated carbocycles. The smallest absolute Gasteiger partial charge is 0.251 e. The molecule has 2 aromatic rings. The first-order valence-electron chi connectivity index (χ1n) is 7.02. The number of aromatic nitrogens is 1. The summed E-state index contributed by atoms with van der Waals surface area (Å²) >= 11 is 0. The summed E-state index contributed by atoms with van der Waals surface area (Å²) in [6, 6.07) is 2.64. The fourth-order valence-corrected chi connectivity index (χ4v) is 2.40. The van der Waals surface area contributed by atoms with E-state index in [1.165, 1.54) is 29.5 Å². The molecule has 0 atom stereocenters. The third-order valence-electron chi connectivity index (χ3n) is 3.67. The van der Waals surface area contributed by atoms with Gasteiger partial charge in [0, 0.05) is 23.6 Å². The number of nitrogens with zero attached hydrogens (tertiary/aromatic N) is 1. The second-order valence-corrected chi connectivity index (χ2v) is 5.11. The van der Waals surface area contributed by atoms with E-state index >= 15 is 0 Å². The Morgan fingerprint density at radius 3 is 2.45 bits per heavy atom. The lowest BCUT2D eigenvalue weighted by atomic mass is 10.1. The second kappa shape index (κ2) is 5.73. The molecule has 1 aromatic carbocycles. The van der Waals surface area contributed by atoms with Gasteiger partial charge in [-0.3, -0.25) is 4.79 Å². The Balaban J connectivity index is 0.000000328. The molecule has 0 spiro atoms. The summed E-state index contributed by atoms with van der Waals surface area (Å²) in [5.41, 5.74) is 1.44. The highest BCUT2D eigenvalue weighted by molar-refractivity contribution is 5.86. The molecule has 0 fully saturated rings. The van der Waals surface area contributed by atoms with E-state index in [0.29, 0.717) is 35.0 Å². The maximum Gasteiger partial charge on any atom is 0.251 e. The van der Waals surface area contributed by atoms with Gasteiger partial charge in [0.2, 0.25) is 0 Å². The summed E-state index contributed by atoms with van der Waals surface area (Å²) in [5, 5.41) is 0.631. The van der Waals surface area contributed by atoms with Crippen LogP contribution in [0.5, 0.6) is 0 Å². The van der Waals surface area contributed by atoms with Gasteiger partial charge in [-0.15, -0.1) is 0 Å². The number of pyridine rings is 1. The van der Waals surface area contributed by atoms with Crippen molar-refractivity contribution in [3.63, 3.8) is 0 Å². The van der Waals surface area contributed by atoms with Gasteiger partial charge in [0.15, 0.2) is 11.6 Å². The zero-order valence-electron chi connectivity index (χ0n) is 12.1. The highest BCUT2D eigenvalue weighted by Crippen LogP contribution is 2.29. The molecule has 1 aliphatic rings. The summed E-state index contributed by atoms with van der Waals surface area (Å²) in [6.07, 6.45) is 3.03. The van der Waals surface area contributed by atoms with Gasteiger partial charge in [-0.05, 0) is 25.0 Å². The minimum atomic E-state index is -0.835. The molecule has 20 heavy (non-hydrogen) atoms. The molecule has 0 unspecified atom stereocenters. The van der Waals surface area contributed by atoms with E-state index in [1.807, 2.05) is 0 Å². The third-order valence-corrected chi connectivity index (χ3v) is 3.67. The van der Waals surface area contributed by atoms with Crippen LogP contribution in [0.2, 0.25) is 0 Å². The van der Waals surface area contributed by atoms with Crippen LogP contribution < -0.4 is 5.56 Å². The quantitative estimate of drug-likeness (QED) is 0.774. The van der Waals surface area contributed by atoms with Crippen molar-refractivity contribution in [3.8, 4) is 0 Å². The van der Waals surface area contributed by atoms with Gasteiger partial charge in [-0.25, -0.2) is 8.78 Å². The topological polar surface area (TPSA) is 22.0 Å². The monoisotopic (exact) mass is 279 g/mol. The summed E-state index contributed by atoms with van der Waals surface area (Å²) in [5.74, 6) is -1.65. The summed E-state index contributed by atoms with van der Waals surface area (Å²) in [4.78, 5) is 11.7. The molecule has 2 nitrogen and oxygen atoms in total. The Labute approximate surface area is 117 Å². The molecule has 1 aliphatic heterocycles. The van der Waals surface area contributed by atoms with Gasteiger partial charge < -0.3 is 4.57 Å². The summed E-state index contributed by atoms with van der Waals surface area (Å²) in [7, 11) is 0.